The van der Waals surface area contributed by atoms with E-state index < -0.39 is 4.92 Å². The van der Waals surface area contributed by atoms with Crippen LogP contribution in [0.25, 0.3) is 17.1 Å². The normalized spacial score (nSPS) is 10.7. The Labute approximate surface area is 188 Å². The van der Waals surface area contributed by atoms with E-state index in [0.29, 0.717) is 16.7 Å². The fourth-order valence-corrected chi connectivity index (χ4v) is 3.81. The maximum Gasteiger partial charge on any atom is 0.269 e. The lowest BCUT2D eigenvalue weighted by atomic mass is 10.1. The maximum absolute atomic E-state index is 12.4. The van der Waals surface area contributed by atoms with Gasteiger partial charge in [0.05, 0.1) is 10.7 Å². The Bertz CT molecular complexity index is 1240. The summed E-state index contributed by atoms with van der Waals surface area (Å²) < 4.78 is 1.93. The third-order valence-electron chi connectivity index (χ3n) is 4.65. The summed E-state index contributed by atoms with van der Waals surface area (Å²) >= 11 is 1.27. The molecule has 0 unspecified atom stereocenters. The van der Waals surface area contributed by atoms with E-state index in [1.165, 1.54) is 36.0 Å². The molecule has 0 fully saturated rings. The molecule has 0 aliphatic heterocycles. The van der Waals surface area contributed by atoms with Crippen LogP contribution in [0.3, 0.4) is 0 Å². The zero-order valence-electron chi connectivity index (χ0n) is 17.1. The van der Waals surface area contributed by atoms with Gasteiger partial charge in [-0.1, -0.05) is 59.8 Å². The third-order valence-corrected chi connectivity index (χ3v) is 5.58. The van der Waals surface area contributed by atoms with Gasteiger partial charge >= 0.3 is 0 Å². The van der Waals surface area contributed by atoms with Gasteiger partial charge in [-0.25, -0.2) is 0 Å². The summed E-state index contributed by atoms with van der Waals surface area (Å²) in [6.07, 6.45) is 0. The van der Waals surface area contributed by atoms with E-state index in [4.69, 9.17) is 0 Å². The van der Waals surface area contributed by atoms with Gasteiger partial charge in [0.2, 0.25) is 5.91 Å². The molecule has 3 aromatic carbocycles. The molecule has 4 aromatic rings. The second kappa shape index (κ2) is 9.44. The van der Waals surface area contributed by atoms with Gasteiger partial charge in [-0.3, -0.25) is 19.5 Å². The van der Waals surface area contributed by atoms with Crippen molar-refractivity contribution in [2.75, 3.05) is 11.1 Å². The van der Waals surface area contributed by atoms with Crippen LogP contribution < -0.4 is 5.32 Å². The second-order valence-electron chi connectivity index (χ2n) is 6.98. The number of thioether (sulfide) groups is 1. The molecule has 1 heterocycles. The van der Waals surface area contributed by atoms with Crippen LogP contribution in [0.4, 0.5) is 11.4 Å². The van der Waals surface area contributed by atoms with Crippen LogP contribution in [-0.4, -0.2) is 31.3 Å². The molecule has 0 aliphatic carbocycles. The molecule has 0 atom stereocenters. The van der Waals surface area contributed by atoms with Crippen molar-refractivity contribution in [2.24, 2.45) is 0 Å². The predicted octanol–water partition coefficient (Wildman–Crippen LogP) is 4.88. The molecule has 1 amide bonds. The van der Waals surface area contributed by atoms with Crippen LogP contribution in [0, 0.1) is 17.0 Å². The number of carbonyl (C=O) groups is 1. The maximum atomic E-state index is 12.4. The van der Waals surface area contributed by atoms with Gasteiger partial charge in [0.1, 0.15) is 0 Å². The summed E-state index contributed by atoms with van der Waals surface area (Å²) in [6.45, 7) is 2.02. The Morgan fingerprint density at radius 1 is 1.00 bits per heavy atom. The van der Waals surface area contributed by atoms with Gasteiger partial charge in [0.15, 0.2) is 11.0 Å². The number of benzene rings is 3. The number of non-ortho nitro benzene ring substituents is 1. The lowest BCUT2D eigenvalue weighted by Gasteiger charge is -2.10. The van der Waals surface area contributed by atoms with Crippen LogP contribution in [0.15, 0.2) is 84.0 Å². The average Bonchev–Trinajstić information content (AvgIpc) is 3.23. The molecule has 160 valence electrons. The van der Waals surface area contributed by atoms with Gasteiger partial charge in [-0.2, -0.15) is 0 Å². The molecule has 9 heteroatoms. The average molecular weight is 446 g/mol. The summed E-state index contributed by atoms with van der Waals surface area (Å²) in [5.41, 5.74) is 3.43. The summed E-state index contributed by atoms with van der Waals surface area (Å²) in [5, 5.41) is 22.8. The predicted molar refractivity (Wildman–Crippen MR) is 124 cm³/mol. The van der Waals surface area contributed by atoms with E-state index in [1.807, 2.05) is 66.1 Å². The monoisotopic (exact) mass is 445 g/mol. The Morgan fingerprint density at radius 2 is 1.69 bits per heavy atom. The topological polar surface area (TPSA) is 103 Å². The van der Waals surface area contributed by atoms with Crippen molar-refractivity contribution in [2.45, 2.75) is 12.1 Å². The summed E-state index contributed by atoms with van der Waals surface area (Å²) in [5.74, 6) is 0.549. The van der Waals surface area contributed by atoms with Gasteiger partial charge < -0.3 is 5.32 Å². The zero-order chi connectivity index (χ0) is 22.5. The van der Waals surface area contributed by atoms with Crippen LogP contribution in [0.2, 0.25) is 0 Å². The Balaban J connectivity index is 1.53. The van der Waals surface area contributed by atoms with Crippen LogP contribution in [-0.2, 0) is 4.79 Å². The van der Waals surface area contributed by atoms with Crippen molar-refractivity contribution >= 4 is 29.0 Å². The first-order valence-electron chi connectivity index (χ1n) is 9.76. The highest BCUT2D eigenvalue weighted by molar-refractivity contribution is 7.99. The first-order chi connectivity index (χ1) is 15.5. The first kappa shape index (κ1) is 21.3. The SMILES string of the molecule is Cc1ccc(-c2nnc(SCC(=O)Nc3ccc([N+](=O)[O-])cc3)n2-c2ccccc2)cc1. The van der Waals surface area contributed by atoms with Crippen LogP contribution in [0.1, 0.15) is 5.56 Å². The first-order valence-corrected chi connectivity index (χ1v) is 10.7. The van der Waals surface area contributed by atoms with E-state index in [1.54, 1.807) is 0 Å². The molecule has 0 radical (unpaired) electrons. The minimum atomic E-state index is -0.483. The largest absolute Gasteiger partial charge is 0.325 e. The smallest absolute Gasteiger partial charge is 0.269 e. The molecule has 1 aromatic heterocycles. The number of carbonyl (C=O) groups excluding carboxylic acids is 1. The lowest BCUT2D eigenvalue weighted by Crippen LogP contribution is -2.14. The van der Waals surface area contributed by atoms with E-state index >= 15 is 0 Å². The Kier molecular flexibility index (Phi) is 6.27. The van der Waals surface area contributed by atoms with Crippen molar-refractivity contribution in [1.82, 2.24) is 14.8 Å². The number of nitro benzene ring substituents is 1. The number of para-hydroxylation sites is 1. The zero-order valence-corrected chi connectivity index (χ0v) is 18.0. The highest BCUT2D eigenvalue weighted by Crippen LogP contribution is 2.28. The van der Waals surface area contributed by atoms with Gasteiger partial charge in [-0.15, -0.1) is 10.2 Å². The molecule has 0 spiro atoms. The van der Waals surface area contributed by atoms with Crippen molar-refractivity contribution < 1.29 is 9.72 Å². The number of nitrogens with zero attached hydrogens (tertiary/aromatic N) is 4. The minimum Gasteiger partial charge on any atom is -0.325 e. The van der Waals surface area contributed by atoms with Gasteiger partial charge in [0.25, 0.3) is 5.69 Å². The number of nitro groups is 1. The number of anilines is 1. The van der Waals surface area contributed by atoms with Crippen molar-refractivity contribution in [3.05, 3.63) is 94.5 Å². The highest BCUT2D eigenvalue weighted by atomic mass is 32.2. The summed E-state index contributed by atoms with van der Waals surface area (Å²) in [6, 6.07) is 23.5. The number of hydrogen-bond acceptors (Lipinski definition) is 6. The molecule has 0 saturated heterocycles. The van der Waals surface area contributed by atoms with E-state index in [2.05, 4.69) is 15.5 Å². The van der Waals surface area contributed by atoms with Crippen LogP contribution >= 0.6 is 11.8 Å². The molecule has 4 rings (SSSR count). The molecule has 0 aliphatic rings. The molecule has 0 bridgehead atoms. The van der Waals surface area contributed by atoms with E-state index in [-0.39, 0.29) is 17.3 Å². The molecule has 32 heavy (non-hydrogen) atoms. The number of nitrogens with one attached hydrogen (secondary N) is 1. The standard InChI is InChI=1S/C23H19N5O3S/c1-16-7-9-17(10-8-16)22-25-26-23(27(22)19-5-3-2-4-6-19)32-15-21(29)24-18-11-13-20(14-12-18)28(30)31/h2-14H,15H2,1H3,(H,24,29). The fourth-order valence-electron chi connectivity index (χ4n) is 3.06. The number of aryl methyl sites for hydroxylation is 1. The van der Waals surface area contributed by atoms with Crippen LogP contribution in [0.5, 0.6) is 0 Å². The number of amides is 1. The Morgan fingerprint density at radius 3 is 2.34 bits per heavy atom. The third kappa shape index (κ3) is 4.84. The summed E-state index contributed by atoms with van der Waals surface area (Å²) in [4.78, 5) is 22.7. The fraction of sp³-hybridized carbons (Fsp3) is 0.0870. The van der Waals surface area contributed by atoms with Crippen molar-refractivity contribution in [3.63, 3.8) is 0 Å². The number of aromatic nitrogens is 3. The lowest BCUT2D eigenvalue weighted by molar-refractivity contribution is -0.384. The second-order valence-corrected chi connectivity index (χ2v) is 7.93. The molecular weight excluding hydrogens is 426 g/mol. The van der Waals surface area contributed by atoms with Crippen molar-refractivity contribution in [3.8, 4) is 17.1 Å². The number of hydrogen-bond donors (Lipinski definition) is 1. The molecule has 0 saturated carbocycles. The molecule has 8 nitrogen and oxygen atoms in total. The van der Waals surface area contributed by atoms with E-state index in [9.17, 15) is 14.9 Å². The quantitative estimate of drug-likeness (QED) is 0.247. The Hall–Kier alpha value is -3.98. The van der Waals surface area contributed by atoms with Gasteiger partial charge in [0, 0.05) is 29.1 Å². The van der Waals surface area contributed by atoms with Crippen molar-refractivity contribution in [1.29, 1.82) is 0 Å². The molecular formula is C23H19N5O3S. The number of rotatable bonds is 7. The summed E-state index contributed by atoms with van der Waals surface area (Å²) in [7, 11) is 0. The van der Waals surface area contributed by atoms with Gasteiger partial charge in [-0.05, 0) is 31.2 Å². The van der Waals surface area contributed by atoms with E-state index in [0.717, 1.165) is 16.8 Å². The molecule has 1 N–H and O–H groups in total. The minimum absolute atomic E-state index is 0.0306. The highest BCUT2D eigenvalue weighted by Gasteiger charge is 2.17.